The van der Waals surface area contributed by atoms with E-state index >= 15 is 0 Å². The maximum Gasteiger partial charge on any atom is 0.326 e. The molecule has 2 aromatic carbocycles. The number of aliphatic carboxylic acids is 1. The number of aromatic nitrogens is 1. The summed E-state index contributed by atoms with van der Waals surface area (Å²) in [5.41, 5.74) is 29.8. The Kier molecular flexibility index (Phi) is 23.6. The van der Waals surface area contributed by atoms with E-state index in [1.165, 1.54) is 6.92 Å². The lowest BCUT2D eigenvalue weighted by molar-refractivity contribution is -0.144. The summed E-state index contributed by atoms with van der Waals surface area (Å²) < 4.78 is 0. The van der Waals surface area contributed by atoms with E-state index in [1.54, 1.807) is 60.8 Å². The van der Waals surface area contributed by atoms with E-state index in [0.29, 0.717) is 16.5 Å². The van der Waals surface area contributed by atoms with Crippen molar-refractivity contribution >= 4 is 76.0 Å². The molecule has 0 bridgehead atoms. The van der Waals surface area contributed by atoms with Crippen molar-refractivity contribution < 1.29 is 48.3 Å². The minimum atomic E-state index is -1.76. The first-order valence-corrected chi connectivity index (χ1v) is 24.3. The van der Waals surface area contributed by atoms with Crippen LogP contribution in [0.2, 0.25) is 0 Å². The number of H-pyrrole nitrogens is 1. The zero-order chi connectivity index (χ0) is 54.2. The van der Waals surface area contributed by atoms with Crippen LogP contribution >= 0.6 is 0 Å². The summed E-state index contributed by atoms with van der Waals surface area (Å²) in [6.07, 6.45) is 1.25. The Hall–Kier alpha value is -8.29. The van der Waals surface area contributed by atoms with Gasteiger partial charge in [-0.3, -0.25) is 48.3 Å². The number of nitrogens with one attached hydrogen (secondary N) is 9. The lowest BCUT2D eigenvalue weighted by atomic mass is 10.0. The molecule has 0 saturated carbocycles. The van der Waals surface area contributed by atoms with E-state index in [0.717, 1.165) is 5.52 Å². The van der Waals surface area contributed by atoms with Crippen molar-refractivity contribution in [2.24, 2.45) is 38.7 Å². The summed E-state index contributed by atoms with van der Waals surface area (Å²) in [7, 11) is 0. The Labute approximate surface area is 427 Å². The van der Waals surface area contributed by atoms with Gasteiger partial charge in [0.2, 0.25) is 47.3 Å². The molecular formula is C48H70N16O10. The molecule has 8 amide bonds. The first-order chi connectivity index (χ1) is 35.3. The molecule has 1 saturated heterocycles. The number of carbonyl (C=O) groups is 9. The Balaban J connectivity index is 1.75. The number of nitrogens with two attached hydrogens (primary N) is 5. The van der Waals surface area contributed by atoms with Crippen LogP contribution in [0, 0.1) is 0 Å². The van der Waals surface area contributed by atoms with E-state index in [1.807, 2.05) is 0 Å². The van der Waals surface area contributed by atoms with Gasteiger partial charge in [0, 0.05) is 56.5 Å². The number of fused-ring (bicyclic) bond motifs is 1. The SMILES string of the molecule is CC(=O)N[C@@H](CCCN=C(N)N)C(=O)N[C@H]1CCCCNC(=O)C[C@@H](C(=O)O)NC(=O)[C@H](Cc2c[nH]c3ccccc23)NC(=O)[C@H](CCCN=C(N)N)NC(=O)[C@@H](Cc2ccccc2)NC(=O)[C@H](CCN)NC1=O. The van der Waals surface area contributed by atoms with E-state index in [2.05, 4.69) is 57.5 Å². The summed E-state index contributed by atoms with van der Waals surface area (Å²) in [6, 6.07) is 5.95. The number of amides is 8. The molecule has 0 spiro atoms. The van der Waals surface area contributed by atoms with E-state index < -0.39 is 102 Å². The number of nitrogens with zero attached hydrogens (tertiary/aromatic N) is 2. The number of benzene rings is 2. The molecular weight excluding hydrogens is 961 g/mol. The van der Waals surface area contributed by atoms with Crippen molar-refractivity contribution in [3.63, 3.8) is 0 Å². The second kappa shape index (κ2) is 29.9. The van der Waals surface area contributed by atoms with Gasteiger partial charge in [-0.2, -0.15) is 0 Å². The number of carbonyl (C=O) groups excluding carboxylic acids is 8. The molecule has 26 nitrogen and oxygen atoms in total. The van der Waals surface area contributed by atoms with Gasteiger partial charge < -0.3 is 81.3 Å². The van der Waals surface area contributed by atoms with Crippen molar-refractivity contribution in [3.05, 3.63) is 71.9 Å². The van der Waals surface area contributed by atoms with Crippen LogP contribution in [0.5, 0.6) is 0 Å². The predicted molar refractivity (Wildman–Crippen MR) is 274 cm³/mol. The van der Waals surface area contributed by atoms with Crippen LogP contribution < -0.4 is 71.2 Å². The molecule has 1 aromatic heterocycles. The van der Waals surface area contributed by atoms with Crippen molar-refractivity contribution in [1.29, 1.82) is 0 Å². The van der Waals surface area contributed by atoms with Gasteiger partial charge in [0.1, 0.15) is 42.3 Å². The smallest absolute Gasteiger partial charge is 0.326 e. The number of rotatable bonds is 18. The molecule has 7 atom stereocenters. The molecule has 74 heavy (non-hydrogen) atoms. The highest BCUT2D eigenvalue weighted by Crippen LogP contribution is 2.20. The van der Waals surface area contributed by atoms with Gasteiger partial charge in [-0.05, 0) is 75.1 Å². The second-order valence-corrected chi connectivity index (χ2v) is 17.7. The molecule has 26 heteroatoms. The highest BCUT2D eigenvalue weighted by molar-refractivity contribution is 5.98. The average Bonchev–Trinajstić information content (AvgIpc) is 3.76. The monoisotopic (exact) mass is 1030 g/mol. The molecule has 1 fully saturated rings. The molecule has 0 aliphatic carbocycles. The summed E-state index contributed by atoms with van der Waals surface area (Å²) in [4.78, 5) is 134. The Morgan fingerprint density at radius 1 is 0.716 bits per heavy atom. The fourth-order valence-electron chi connectivity index (χ4n) is 8.08. The van der Waals surface area contributed by atoms with E-state index in [9.17, 15) is 48.3 Å². The predicted octanol–water partition coefficient (Wildman–Crippen LogP) is -3.40. The molecule has 3 aromatic rings. The summed E-state index contributed by atoms with van der Waals surface area (Å²) in [5, 5.41) is 31.9. The van der Waals surface area contributed by atoms with Gasteiger partial charge in [0.15, 0.2) is 11.9 Å². The van der Waals surface area contributed by atoms with Crippen LogP contribution in [-0.2, 0) is 56.0 Å². The number of carboxylic acid groups (broad SMARTS) is 1. The van der Waals surface area contributed by atoms with Gasteiger partial charge in [0.05, 0.1) is 6.42 Å². The Bertz CT molecular complexity index is 2480. The minimum absolute atomic E-state index is 0.0213. The number of hydrogen-bond donors (Lipinski definition) is 15. The zero-order valence-corrected chi connectivity index (χ0v) is 41.3. The van der Waals surface area contributed by atoms with Gasteiger partial charge in [-0.15, -0.1) is 0 Å². The first kappa shape index (κ1) is 58.3. The third kappa shape index (κ3) is 19.7. The molecule has 2 heterocycles. The fraction of sp³-hybridized carbons (Fsp3) is 0.479. The number of guanidine groups is 2. The second-order valence-electron chi connectivity index (χ2n) is 17.7. The van der Waals surface area contributed by atoms with E-state index in [4.69, 9.17) is 28.7 Å². The molecule has 402 valence electrons. The molecule has 1 aliphatic heterocycles. The Morgan fingerprint density at radius 2 is 1.30 bits per heavy atom. The first-order valence-electron chi connectivity index (χ1n) is 24.3. The summed E-state index contributed by atoms with van der Waals surface area (Å²) in [5.74, 6) is -8.28. The van der Waals surface area contributed by atoms with Crippen molar-refractivity contribution in [2.45, 2.75) is 120 Å². The van der Waals surface area contributed by atoms with Crippen LogP contribution in [0.15, 0.2) is 70.8 Å². The highest BCUT2D eigenvalue weighted by atomic mass is 16.4. The van der Waals surface area contributed by atoms with Gasteiger partial charge in [-0.25, -0.2) is 4.79 Å². The van der Waals surface area contributed by atoms with E-state index in [-0.39, 0.29) is 102 Å². The lowest BCUT2D eigenvalue weighted by Gasteiger charge is -2.28. The van der Waals surface area contributed by atoms with Gasteiger partial charge in [0.25, 0.3) is 0 Å². The number of hydrogen-bond acceptors (Lipinski definition) is 12. The molecule has 1 aliphatic rings. The van der Waals surface area contributed by atoms with Crippen molar-refractivity contribution in [1.82, 2.24) is 47.5 Å². The third-order valence-corrected chi connectivity index (χ3v) is 11.8. The maximum atomic E-state index is 14.5. The van der Waals surface area contributed by atoms with Crippen molar-refractivity contribution in [3.8, 4) is 0 Å². The average molecular weight is 1030 g/mol. The van der Waals surface area contributed by atoms with Crippen molar-refractivity contribution in [2.75, 3.05) is 26.2 Å². The van der Waals surface area contributed by atoms with Crippen LogP contribution in [-0.4, -0.2) is 144 Å². The standard InChI is InChI=1S/C48H70N16O10/c1-27(65)58-32(16-9-21-55-47(50)51)40(67)59-33-15-7-8-20-54-39(66)25-38(46(73)74)64-45(72)37(24-29-26-57-31-14-6-5-13-30(29)31)63-42(69)34(17-10-22-56-48(52)53)60-44(71)36(23-28-11-3-2-4-12-28)62-43(70)35(18-19-49)61-41(33)68/h2-6,11-14,26,32-38,57H,7-10,15-25,49H2,1H3,(H,54,66)(H,58,65)(H,59,67)(H,60,71)(H,61,68)(H,62,70)(H,63,69)(H,64,72)(H,73,74)(H4,50,51,55)(H4,52,53,56)/t32-,33-,34-,35-,36+,37-,38-/m0/s1. The summed E-state index contributed by atoms with van der Waals surface area (Å²) >= 11 is 0. The van der Waals surface area contributed by atoms with Crippen LogP contribution in [0.1, 0.15) is 75.8 Å². The molecule has 4 rings (SSSR count). The number of carboxylic acids is 1. The number of aliphatic imine (C=N–C) groups is 2. The topological polar surface area (TPSA) is 441 Å². The number of para-hydroxylation sites is 1. The minimum Gasteiger partial charge on any atom is -0.480 e. The van der Waals surface area contributed by atoms with Crippen LogP contribution in [0.3, 0.4) is 0 Å². The molecule has 0 unspecified atom stereocenters. The Morgan fingerprint density at radius 3 is 1.95 bits per heavy atom. The normalized spacial score (nSPS) is 21.2. The largest absolute Gasteiger partial charge is 0.480 e. The third-order valence-electron chi connectivity index (χ3n) is 11.8. The maximum absolute atomic E-state index is 14.5. The molecule has 0 radical (unpaired) electrons. The van der Waals surface area contributed by atoms with Crippen LogP contribution in [0.25, 0.3) is 10.9 Å². The number of aromatic amines is 1. The van der Waals surface area contributed by atoms with Crippen LogP contribution in [0.4, 0.5) is 0 Å². The highest BCUT2D eigenvalue weighted by Gasteiger charge is 2.35. The molecule has 20 N–H and O–H groups in total. The fourth-order valence-corrected chi connectivity index (χ4v) is 8.08. The lowest BCUT2D eigenvalue weighted by Crippen LogP contribution is -2.60. The van der Waals surface area contributed by atoms with Gasteiger partial charge >= 0.3 is 5.97 Å². The van der Waals surface area contributed by atoms with Gasteiger partial charge in [-0.1, -0.05) is 48.5 Å². The summed E-state index contributed by atoms with van der Waals surface area (Å²) in [6.45, 7) is 1.25. The quantitative estimate of drug-likeness (QED) is 0.0336. The zero-order valence-electron chi connectivity index (χ0n) is 41.3.